The zero-order valence-electron chi connectivity index (χ0n) is 26.7. The molecule has 0 fully saturated rings. The van der Waals surface area contributed by atoms with Crippen LogP contribution in [0.2, 0.25) is 10.0 Å². The number of carbonyl (C=O) groups excluding carboxylic acids is 2. The highest BCUT2D eigenvalue weighted by Crippen LogP contribution is 2.25. The molecular weight excluding hydrogens is 659 g/mol. The Bertz CT molecular complexity index is 2020. The lowest BCUT2D eigenvalue weighted by Gasteiger charge is -2.10. The molecule has 0 amide bonds. The van der Waals surface area contributed by atoms with Gasteiger partial charge in [0.2, 0.25) is 11.7 Å². The Kier molecular flexibility index (Phi) is 11.3. The van der Waals surface area contributed by atoms with Gasteiger partial charge in [0.15, 0.2) is 11.4 Å². The number of halogens is 2. The van der Waals surface area contributed by atoms with E-state index in [0.717, 1.165) is 11.1 Å². The Hall–Kier alpha value is -5.53. The van der Waals surface area contributed by atoms with E-state index in [1.54, 1.807) is 54.4 Å². The molecule has 13 nitrogen and oxygen atoms in total. The number of hydrogen-bond acceptors (Lipinski definition) is 10. The van der Waals surface area contributed by atoms with Crippen LogP contribution in [0.5, 0.6) is 0 Å². The minimum absolute atomic E-state index is 0.00236. The lowest BCUT2D eigenvalue weighted by Crippen LogP contribution is -2.12. The molecule has 0 saturated heterocycles. The number of carboxylic acid groups (broad SMARTS) is 1. The Morgan fingerprint density at radius 2 is 1.50 bits per heavy atom. The highest BCUT2D eigenvalue weighted by molar-refractivity contribution is 6.31. The second-order valence-corrected chi connectivity index (χ2v) is 11.4. The zero-order chi connectivity index (χ0) is 35.1. The Labute approximate surface area is 286 Å². The summed E-state index contributed by atoms with van der Waals surface area (Å²) in [6.45, 7) is 5.66. The third-order valence-corrected chi connectivity index (χ3v) is 7.10. The lowest BCUT2D eigenvalue weighted by molar-refractivity contribution is 0.0515. The van der Waals surface area contributed by atoms with Gasteiger partial charge in [-0.1, -0.05) is 35.3 Å². The Morgan fingerprint density at radius 1 is 0.896 bits per heavy atom. The van der Waals surface area contributed by atoms with Crippen LogP contribution in [0.15, 0.2) is 73.1 Å². The quantitative estimate of drug-likeness (QED) is 0.108. The van der Waals surface area contributed by atoms with Gasteiger partial charge in [0.05, 0.1) is 23.7 Å². The summed E-state index contributed by atoms with van der Waals surface area (Å²) in [5.74, 6) is -1.87. The maximum Gasteiger partial charge on any atom is 0.357 e. The number of carbonyl (C=O) groups is 3. The molecule has 15 heteroatoms. The molecule has 0 radical (unpaired) electrons. The number of nitrogen functional groups attached to an aromatic ring is 1. The number of nitrogens with zero attached hydrogens (tertiary/aromatic N) is 7. The number of nitrogens with two attached hydrogens (primary N) is 1. The number of rotatable bonds is 9. The molecule has 5 aromatic rings. The van der Waals surface area contributed by atoms with Gasteiger partial charge in [-0.25, -0.2) is 28.9 Å². The molecule has 0 bridgehead atoms. The van der Waals surface area contributed by atoms with E-state index in [0.29, 0.717) is 32.8 Å². The Morgan fingerprint density at radius 3 is 2.04 bits per heavy atom. The predicted octanol–water partition coefficient (Wildman–Crippen LogP) is 5.84. The fourth-order valence-electron chi connectivity index (χ4n) is 4.32. The number of aryl methyl sites for hydroxylation is 2. The van der Waals surface area contributed by atoms with E-state index in [9.17, 15) is 19.5 Å². The van der Waals surface area contributed by atoms with E-state index in [4.69, 9.17) is 33.7 Å². The molecule has 0 spiro atoms. The number of allylic oxidation sites excluding steroid dienone is 1. The summed E-state index contributed by atoms with van der Waals surface area (Å²) in [6.07, 6.45) is 4.50. The largest absolute Gasteiger partial charge is 0.477 e. The first-order valence-corrected chi connectivity index (χ1v) is 15.2. The SMILES string of the molecule is CCOC(=O)c1cc(C(=O)/C=C/N(C)C)nn1-c1cc(Cl)ccc1C.Cc1ccc(Cl)cc1-n1nc(-c2ccnc(N)n2)cc1C(=O)O. The molecule has 0 saturated carbocycles. The summed E-state index contributed by atoms with van der Waals surface area (Å²) >= 11 is 12.1. The highest BCUT2D eigenvalue weighted by Gasteiger charge is 2.22. The molecule has 48 heavy (non-hydrogen) atoms. The van der Waals surface area contributed by atoms with E-state index in [1.807, 2.05) is 34.0 Å². The van der Waals surface area contributed by atoms with Gasteiger partial charge in [-0.3, -0.25) is 4.79 Å². The summed E-state index contributed by atoms with van der Waals surface area (Å²) in [5.41, 5.74) is 9.63. The normalized spacial score (nSPS) is 10.8. The summed E-state index contributed by atoms with van der Waals surface area (Å²) in [4.78, 5) is 45.8. The summed E-state index contributed by atoms with van der Waals surface area (Å²) in [7, 11) is 3.61. The number of ketones is 1. The van der Waals surface area contributed by atoms with Crippen molar-refractivity contribution in [3.05, 3.63) is 111 Å². The molecule has 0 aliphatic carbocycles. The zero-order valence-corrected chi connectivity index (χ0v) is 28.2. The van der Waals surface area contributed by atoms with Crippen molar-refractivity contribution in [2.75, 3.05) is 26.4 Å². The minimum Gasteiger partial charge on any atom is -0.477 e. The first-order valence-electron chi connectivity index (χ1n) is 14.4. The number of esters is 1. The number of ether oxygens (including phenoxy) is 1. The molecule has 5 rings (SSSR count). The van der Waals surface area contributed by atoms with Crippen molar-refractivity contribution in [3.63, 3.8) is 0 Å². The summed E-state index contributed by atoms with van der Waals surface area (Å²) in [6, 6.07) is 14.9. The van der Waals surface area contributed by atoms with E-state index >= 15 is 0 Å². The first kappa shape index (κ1) is 35.3. The second-order valence-electron chi connectivity index (χ2n) is 10.5. The van der Waals surface area contributed by atoms with Crippen LogP contribution in [0.4, 0.5) is 5.95 Å². The molecule has 0 atom stereocenters. The van der Waals surface area contributed by atoms with Gasteiger partial charge < -0.3 is 20.5 Å². The first-order chi connectivity index (χ1) is 22.8. The fraction of sp³-hybridized carbons (Fsp3) is 0.182. The smallest absolute Gasteiger partial charge is 0.357 e. The van der Waals surface area contributed by atoms with E-state index in [2.05, 4.69) is 20.2 Å². The number of benzene rings is 2. The Balaban J connectivity index is 0.000000217. The molecular formula is C33H32Cl2N8O5. The monoisotopic (exact) mass is 690 g/mol. The predicted molar refractivity (Wildman–Crippen MR) is 182 cm³/mol. The molecule has 0 aliphatic heterocycles. The minimum atomic E-state index is -1.11. The lowest BCUT2D eigenvalue weighted by atomic mass is 10.2. The third-order valence-electron chi connectivity index (χ3n) is 6.63. The maximum atomic E-state index is 12.3. The van der Waals surface area contributed by atoms with Crippen molar-refractivity contribution in [2.45, 2.75) is 20.8 Å². The van der Waals surface area contributed by atoms with Crippen molar-refractivity contribution in [1.29, 1.82) is 0 Å². The number of carboxylic acids is 1. The third kappa shape index (κ3) is 8.43. The van der Waals surface area contributed by atoms with Crippen LogP contribution in [0.1, 0.15) is 49.5 Å². The van der Waals surface area contributed by atoms with Crippen LogP contribution >= 0.6 is 23.2 Å². The average molecular weight is 692 g/mol. The standard InChI is InChI=1S/C18H20ClN3O3.C15H12ClN5O2/c1-5-25-18(24)16-11-14(17(23)8-9-21(3)4)20-22(16)15-10-13(19)7-6-12(15)2;1-8-2-3-9(16)6-12(8)21-13(14(22)23)7-11(20-21)10-4-5-18-15(17)19-10/h6-11H,5H2,1-4H3;2-7H,1H3,(H,22,23)(H2,17,18,19)/b9-8+;. The van der Waals surface area contributed by atoms with E-state index < -0.39 is 11.9 Å². The van der Waals surface area contributed by atoms with Gasteiger partial charge >= 0.3 is 11.9 Å². The number of aromatic carboxylic acids is 1. The van der Waals surface area contributed by atoms with Gasteiger partial charge in [-0.05, 0) is 62.2 Å². The van der Waals surface area contributed by atoms with Crippen molar-refractivity contribution in [2.24, 2.45) is 0 Å². The van der Waals surface area contributed by atoms with Gasteiger partial charge in [0, 0.05) is 54.7 Å². The van der Waals surface area contributed by atoms with Crippen molar-refractivity contribution >= 4 is 46.9 Å². The number of anilines is 1. The van der Waals surface area contributed by atoms with Crippen molar-refractivity contribution < 1.29 is 24.2 Å². The van der Waals surface area contributed by atoms with Gasteiger partial charge in [-0.15, -0.1) is 0 Å². The van der Waals surface area contributed by atoms with Gasteiger partial charge in [0.25, 0.3) is 0 Å². The van der Waals surface area contributed by atoms with E-state index in [-0.39, 0.29) is 35.4 Å². The van der Waals surface area contributed by atoms with Crippen LogP contribution < -0.4 is 5.73 Å². The molecule has 248 valence electrons. The van der Waals surface area contributed by atoms with Crippen LogP contribution in [0, 0.1) is 13.8 Å². The summed E-state index contributed by atoms with van der Waals surface area (Å²) < 4.78 is 7.81. The molecule has 0 unspecified atom stereocenters. The van der Waals surface area contributed by atoms with Crippen LogP contribution in [0.25, 0.3) is 22.8 Å². The van der Waals surface area contributed by atoms with Crippen LogP contribution in [-0.4, -0.2) is 78.0 Å². The van der Waals surface area contributed by atoms with Crippen LogP contribution in [0.3, 0.4) is 0 Å². The highest BCUT2D eigenvalue weighted by atomic mass is 35.5. The fourth-order valence-corrected chi connectivity index (χ4v) is 4.65. The van der Waals surface area contributed by atoms with Crippen molar-refractivity contribution in [1.82, 2.24) is 34.4 Å². The van der Waals surface area contributed by atoms with Gasteiger partial charge in [-0.2, -0.15) is 10.2 Å². The molecule has 3 aromatic heterocycles. The van der Waals surface area contributed by atoms with E-state index in [1.165, 1.54) is 33.8 Å². The van der Waals surface area contributed by atoms with Crippen LogP contribution in [-0.2, 0) is 4.74 Å². The average Bonchev–Trinajstić information content (AvgIpc) is 3.69. The molecule has 3 N–H and O–H groups in total. The van der Waals surface area contributed by atoms with Gasteiger partial charge in [0.1, 0.15) is 11.4 Å². The second kappa shape index (κ2) is 15.4. The number of hydrogen-bond donors (Lipinski definition) is 2. The maximum absolute atomic E-state index is 12.3. The molecule has 0 aliphatic rings. The molecule has 3 heterocycles. The van der Waals surface area contributed by atoms with Crippen molar-refractivity contribution in [3.8, 4) is 22.8 Å². The summed E-state index contributed by atoms with van der Waals surface area (Å²) in [5, 5.41) is 19.1. The number of aromatic nitrogens is 6. The molecule has 2 aromatic carbocycles. The topological polar surface area (TPSA) is 171 Å².